The molecule has 3 aromatic rings. The number of nitrogens with zero attached hydrogens (tertiary/aromatic N) is 6. The molecule has 2 fully saturated rings. The van der Waals surface area contributed by atoms with E-state index in [4.69, 9.17) is 26.8 Å². The summed E-state index contributed by atoms with van der Waals surface area (Å²) >= 11 is 6.12. The van der Waals surface area contributed by atoms with Gasteiger partial charge in [-0.3, -0.25) is 9.59 Å². The van der Waals surface area contributed by atoms with Crippen molar-refractivity contribution in [2.45, 2.75) is 64.4 Å². The quantitative estimate of drug-likeness (QED) is 0.171. The molecule has 1 aromatic heterocycles. The number of nitrogens with two attached hydrogens (primary N) is 1. The third-order valence-corrected chi connectivity index (χ3v) is 11.2. The number of hydrogen-bond donors (Lipinski definition) is 2. The molecule has 0 aliphatic carbocycles. The fourth-order valence-corrected chi connectivity index (χ4v) is 7.82. The van der Waals surface area contributed by atoms with Gasteiger partial charge in [0.15, 0.2) is 6.10 Å². The van der Waals surface area contributed by atoms with E-state index in [1.807, 2.05) is 36.1 Å². The fourth-order valence-electron chi connectivity index (χ4n) is 7.58. The topological polar surface area (TPSA) is 171 Å². The molecule has 3 N–H and O–H groups in total. The molecule has 0 unspecified atom stereocenters. The molecular formula is C41H48ClF3N8O7. The third-order valence-electron chi connectivity index (χ3n) is 10.9. The number of nitrogen functional groups attached to an aromatic ring is 1. The Morgan fingerprint density at radius 3 is 2.37 bits per heavy atom. The molecule has 15 nitrogen and oxygen atoms in total. The van der Waals surface area contributed by atoms with Gasteiger partial charge in [-0.25, -0.2) is 19.4 Å². The van der Waals surface area contributed by atoms with E-state index < -0.39 is 47.9 Å². The molecule has 19 heteroatoms. The Morgan fingerprint density at radius 2 is 1.72 bits per heavy atom. The average molecular weight is 857 g/mol. The Kier molecular flexibility index (Phi) is 13.9. The second-order valence-electron chi connectivity index (χ2n) is 14.9. The van der Waals surface area contributed by atoms with E-state index in [-0.39, 0.29) is 73.5 Å². The van der Waals surface area contributed by atoms with Crippen molar-refractivity contribution in [3.8, 4) is 0 Å². The van der Waals surface area contributed by atoms with E-state index in [1.54, 1.807) is 21.9 Å². The second kappa shape index (κ2) is 19.1. The summed E-state index contributed by atoms with van der Waals surface area (Å²) in [5.41, 5.74) is 5.80. The van der Waals surface area contributed by atoms with Crippen LogP contribution in [0.3, 0.4) is 0 Å². The number of para-hydroxylation sites is 1. The average Bonchev–Trinajstić information content (AvgIpc) is 3.23. The largest absolute Gasteiger partial charge is 0.460 e. The molecule has 0 radical (unpaired) electrons. The van der Waals surface area contributed by atoms with Crippen LogP contribution in [-0.4, -0.2) is 126 Å². The molecule has 3 aliphatic heterocycles. The van der Waals surface area contributed by atoms with Crippen molar-refractivity contribution < 1.29 is 46.6 Å². The number of benzene rings is 2. The number of urea groups is 1. The van der Waals surface area contributed by atoms with Gasteiger partial charge < -0.3 is 45.0 Å². The summed E-state index contributed by atoms with van der Waals surface area (Å²) in [7, 11) is 0. The van der Waals surface area contributed by atoms with Gasteiger partial charge in [0.1, 0.15) is 12.4 Å². The molecule has 2 aromatic carbocycles. The SMILES string of the molecule is CCCN(CCOC(=O)c1ccc(N2CCN(C(=O)[C@@H](Cc3cc(Cl)c(N)c(C(F)(F)F)c3)OC(=O)N3CCC(N4Cc5ccccc5NC4=O)CC3)CC2)nc1)C(C)=O. The number of likely N-dealkylation sites (tertiary alicyclic amines) is 1. The smallest absolute Gasteiger partial charge is 0.418 e. The first-order chi connectivity index (χ1) is 28.6. The Balaban J connectivity index is 1.08. The molecular weight excluding hydrogens is 809 g/mol. The van der Waals surface area contributed by atoms with Crippen molar-refractivity contribution in [2.24, 2.45) is 0 Å². The standard InChI is InChI=1S/C41H48ClF3N8O7/c1-3-12-49(26(2)54)19-20-59-38(56)28-8-9-35(47-24-28)50-15-17-51(18-16-50)37(55)34(23-27-21-31(41(43,44)45)36(46)32(42)22-27)60-40(58)52-13-10-30(11-14-52)53-25-29-6-4-5-7-33(29)48-39(53)57/h4-9,21-22,24,30,34H,3,10-20,23,25,46H2,1-2H3,(H,48,57)/t34-/m1/s1. The maximum Gasteiger partial charge on any atom is 0.418 e. The lowest BCUT2D eigenvalue weighted by atomic mass is 10.0. The van der Waals surface area contributed by atoms with Crippen molar-refractivity contribution >= 4 is 58.7 Å². The van der Waals surface area contributed by atoms with Crippen molar-refractivity contribution in [3.05, 3.63) is 82.0 Å². The lowest BCUT2D eigenvalue weighted by molar-refractivity contribution is -0.141. The van der Waals surface area contributed by atoms with Crippen molar-refractivity contribution in [1.29, 1.82) is 0 Å². The van der Waals surface area contributed by atoms with E-state index in [9.17, 15) is 37.1 Å². The zero-order valence-corrected chi connectivity index (χ0v) is 34.1. The minimum Gasteiger partial charge on any atom is -0.460 e. The Labute approximate surface area is 350 Å². The van der Waals surface area contributed by atoms with Gasteiger partial charge in [-0.15, -0.1) is 0 Å². The minimum absolute atomic E-state index is 0.00126. The van der Waals surface area contributed by atoms with Crippen molar-refractivity contribution in [2.75, 3.05) is 74.9 Å². The van der Waals surface area contributed by atoms with Crippen LogP contribution in [-0.2, 0) is 38.2 Å². The molecule has 3 aliphatic rings. The molecule has 322 valence electrons. The second-order valence-corrected chi connectivity index (χ2v) is 15.3. The van der Waals surface area contributed by atoms with E-state index in [0.717, 1.165) is 23.7 Å². The highest BCUT2D eigenvalue weighted by Crippen LogP contribution is 2.38. The lowest BCUT2D eigenvalue weighted by Crippen LogP contribution is -2.54. The summed E-state index contributed by atoms with van der Waals surface area (Å²) in [4.78, 5) is 77.6. The fraction of sp³-hybridized carbons (Fsp3) is 0.463. The van der Waals surface area contributed by atoms with Crippen LogP contribution in [0, 0.1) is 0 Å². The number of piperidine rings is 1. The molecule has 0 saturated carbocycles. The number of anilines is 3. The van der Waals surface area contributed by atoms with Crippen molar-refractivity contribution in [3.63, 3.8) is 0 Å². The van der Waals surface area contributed by atoms with E-state index in [0.29, 0.717) is 44.8 Å². The van der Waals surface area contributed by atoms with Gasteiger partial charge in [0, 0.05) is 83.6 Å². The summed E-state index contributed by atoms with van der Waals surface area (Å²) in [5.74, 6) is -0.748. The number of rotatable bonds is 12. The molecule has 6 rings (SSSR count). The first kappa shape index (κ1) is 43.8. The number of alkyl halides is 3. The highest BCUT2D eigenvalue weighted by atomic mass is 35.5. The van der Waals surface area contributed by atoms with Crippen LogP contribution in [0.4, 0.5) is 40.0 Å². The molecule has 60 heavy (non-hydrogen) atoms. The molecule has 1 atom stereocenters. The molecule has 0 spiro atoms. The number of aromatic nitrogens is 1. The van der Waals surface area contributed by atoms with Crippen molar-refractivity contribution in [1.82, 2.24) is 24.6 Å². The zero-order valence-electron chi connectivity index (χ0n) is 33.4. The van der Waals surface area contributed by atoms with Gasteiger partial charge in [0.2, 0.25) is 5.91 Å². The number of fused-ring (bicyclic) bond motifs is 1. The van der Waals surface area contributed by atoms with Gasteiger partial charge >= 0.3 is 24.3 Å². The van der Waals surface area contributed by atoms with Gasteiger partial charge in [-0.05, 0) is 60.7 Å². The highest BCUT2D eigenvalue weighted by Gasteiger charge is 2.38. The summed E-state index contributed by atoms with van der Waals surface area (Å²) in [6.07, 6.45) is -4.48. The number of nitrogens with one attached hydrogen (secondary N) is 1. The summed E-state index contributed by atoms with van der Waals surface area (Å²) in [5, 5.41) is 2.56. The monoisotopic (exact) mass is 856 g/mol. The number of piperazine rings is 1. The number of amides is 5. The van der Waals surface area contributed by atoms with Gasteiger partial charge in [-0.2, -0.15) is 13.2 Å². The number of halogens is 4. The zero-order chi connectivity index (χ0) is 43.1. The van der Waals surface area contributed by atoms with E-state index in [1.165, 1.54) is 29.0 Å². The maximum absolute atomic E-state index is 14.1. The third kappa shape index (κ3) is 10.5. The Hall–Kier alpha value is -5.78. The van der Waals surface area contributed by atoms with Crippen LogP contribution >= 0.6 is 11.6 Å². The van der Waals surface area contributed by atoms with Crippen LogP contribution in [0.15, 0.2) is 54.7 Å². The molecule has 4 heterocycles. The number of carbonyl (C=O) groups excluding carboxylic acids is 5. The number of pyridine rings is 1. The summed E-state index contributed by atoms with van der Waals surface area (Å²) < 4.78 is 52.8. The summed E-state index contributed by atoms with van der Waals surface area (Å²) in [6, 6.07) is 12.4. The molecule has 2 saturated heterocycles. The number of esters is 1. The van der Waals surface area contributed by atoms with Gasteiger partial charge in [0.25, 0.3) is 5.91 Å². The normalized spacial score (nSPS) is 16.5. The number of ether oxygens (including phenoxy) is 2. The van der Waals surface area contributed by atoms with Crippen LogP contribution in [0.1, 0.15) is 60.2 Å². The van der Waals surface area contributed by atoms with Crippen LogP contribution in [0.25, 0.3) is 0 Å². The first-order valence-electron chi connectivity index (χ1n) is 19.8. The highest BCUT2D eigenvalue weighted by molar-refractivity contribution is 6.33. The van der Waals surface area contributed by atoms with E-state index >= 15 is 0 Å². The predicted octanol–water partition coefficient (Wildman–Crippen LogP) is 5.66. The Morgan fingerprint density at radius 1 is 1.00 bits per heavy atom. The van der Waals surface area contributed by atoms with E-state index in [2.05, 4.69) is 10.3 Å². The summed E-state index contributed by atoms with van der Waals surface area (Å²) in [6.45, 7) is 6.13. The number of carbonyl (C=O) groups is 5. The molecule has 5 amide bonds. The number of hydrogen-bond acceptors (Lipinski definition) is 10. The maximum atomic E-state index is 14.1. The predicted molar refractivity (Wildman–Crippen MR) is 216 cm³/mol. The lowest BCUT2D eigenvalue weighted by Gasteiger charge is -2.40. The van der Waals surface area contributed by atoms with Crippen LogP contribution in [0.2, 0.25) is 5.02 Å². The van der Waals surface area contributed by atoms with Crippen LogP contribution < -0.4 is 16.0 Å². The minimum atomic E-state index is -4.83. The first-order valence-corrected chi connectivity index (χ1v) is 20.2. The molecule has 0 bridgehead atoms. The van der Waals surface area contributed by atoms with Gasteiger partial charge in [-0.1, -0.05) is 36.7 Å². The van der Waals surface area contributed by atoms with Crippen LogP contribution in [0.5, 0.6) is 0 Å². The Bertz CT molecular complexity index is 2060. The van der Waals surface area contributed by atoms with Gasteiger partial charge in [0.05, 0.1) is 28.4 Å².